The van der Waals surface area contributed by atoms with Crippen LogP contribution in [0.4, 0.5) is 0 Å². The molecule has 0 aromatic carbocycles. The molecule has 3 heteroatoms. The molecule has 1 N–H and O–H groups in total. The smallest absolute Gasteiger partial charge is 0.323 e. The zero-order chi connectivity index (χ0) is 9.40. The van der Waals surface area contributed by atoms with Gasteiger partial charge in [-0.05, 0) is 13.3 Å². The Hall–Kier alpha value is -1.01. The second kappa shape index (κ2) is 6.68. The van der Waals surface area contributed by atoms with E-state index in [0.29, 0.717) is 19.6 Å². The van der Waals surface area contributed by atoms with Gasteiger partial charge in [-0.15, -0.1) is 6.42 Å². The fourth-order valence-corrected chi connectivity index (χ4v) is 0.819. The van der Waals surface area contributed by atoms with Crippen molar-refractivity contribution >= 4 is 5.97 Å². The summed E-state index contributed by atoms with van der Waals surface area (Å²) in [4.78, 5) is 11.1. The Morgan fingerprint density at radius 2 is 2.33 bits per heavy atom. The Morgan fingerprint density at radius 1 is 1.67 bits per heavy atom. The molecule has 0 bridgehead atoms. The van der Waals surface area contributed by atoms with Crippen molar-refractivity contribution in [2.24, 2.45) is 0 Å². The second-order valence-electron chi connectivity index (χ2n) is 2.30. The van der Waals surface area contributed by atoms with Crippen molar-refractivity contribution < 1.29 is 9.53 Å². The van der Waals surface area contributed by atoms with E-state index in [0.717, 1.165) is 0 Å². The summed E-state index contributed by atoms with van der Waals surface area (Å²) in [6.07, 6.45) is 5.74. The van der Waals surface area contributed by atoms with E-state index in [9.17, 15) is 4.79 Å². The molecule has 0 aliphatic carbocycles. The SMILES string of the molecule is C#CCNC(CC)C(=O)OCC. The quantitative estimate of drug-likeness (QED) is 0.482. The zero-order valence-electron chi connectivity index (χ0n) is 7.59. The van der Waals surface area contributed by atoms with E-state index in [-0.39, 0.29) is 12.0 Å². The molecule has 0 aliphatic heterocycles. The highest BCUT2D eigenvalue weighted by atomic mass is 16.5. The molecule has 1 unspecified atom stereocenters. The van der Waals surface area contributed by atoms with Crippen molar-refractivity contribution in [1.29, 1.82) is 0 Å². The largest absolute Gasteiger partial charge is 0.465 e. The Balaban J connectivity index is 3.80. The topological polar surface area (TPSA) is 38.3 Å². The lowest BCUT2D eigenvalue weighted by Crippen LogP contribution is -2.37. The third kappa shape index (κ3) is 3.99. The summed E-state index contributed by atoms with van der Waals surface area (Å²) in [5, 5.41) is 2.89. The van der Waals surface area contributed by atoms with Crippen molar-refractivity contribution in [3.63, 3.8) is 0 Å². The molecular formula is C9H15NO2. The van der Waals surface area contributed by atoms with Crippen LogP contribution >= 0.6 is 0 Å². The van der Waals surface area contributed by atoms with Gasteiger partial charge >= 0.3 is 5.97 Å². The number of terminal acetylenes is 1. The van der Waals surface area contributed by atoms with Crippen LogP contribution in [0.15, 0.2) is 0 Å². The van der Waals surface area contributed by atoms with Crippen molar-refractivity contribution in [3.8, 4) is 12.3 Å². The minimum atomic E-state index is -0.263. The maximum absolute atomic E-state index is 11.1. The van der Waals surface area contributed by atoms with E-state index >= 15 is 0 Å². The number of carbonyl (C=O) groups is 1. The number of ether oxygens (including phenoxy) is 1. The number of nitrogens with one attached hydrogen (secondary N) is 1. The maximum Gasteiger partial charge on any atom is 0.323 e. The van der Waals surface area contributed by atoms with Crippen LogP contribution < -0.4 is 5.32 Å². The lowest BCUT2D eigenvalue weighted by atomic mass is 10.2. The van der Waals surface area contributed by atoms with Crippen LogP contribution in [-0.2, 0) is 9.53 Å². The van der Waals surface area contributed by atoms with Crippen molar-refractivity contribution in [3.05, 3.63) is 0 Å². The highest BCUT2D eigenvalue weighted by Crippen LogP contribution is 1.93. The summed E-state index contributed by atoms with van der Waals surface area (Å²) >= 11 is 0. The number of hydrogen-bond donors (Lipinski definition) is 1. The lowest BCUT2D eigenvalue weighted by molar-refractivity contribution is -0.145. The highest BCUT2D eigenvalue weighted by Gasteiger charge is 2.15. The Morgan fingerprint density at radius 3 is 2.75 bits per heavy atom. The third-order valence-corrected chi connectivity index (χ3v) is 1.43. The molecule has 0 heterocycles. The molecule has 0 saturated carbocycles. The van der Waals surface area contributed by atoms with Crippen LogP contribution in [0.25, 0.3) is 0 Å². The first kappa shape index (κ1) is 11.0. The van der Waals surface area contributed by atoms with Gasteiger partial charge in [0, 0.05) is 0 Å². The molecule has 12 heavy (non-hydrogen) atoms. The Kier molecular flexibility index (Phi) is 6.12. The summed E-state index contributed by atoms with van der Waals surface area (Å²) < 4.78 is 4.82. The lowest BCUT2D eigenvalue weighted by Gasteiger charge is -2.12. The number of hydrogen-bond acceptors (Lipinski definition) is 3. The number of esters is 1. The van der Waals surface area contributed by atoms with Gasteiger partial charge in [-0.3, -0.25) is 10.1 Å². The van der Waals surface area contributed by atoms with E-state index in [1.807, 2.05) is 6.92 Å². The highest BCUT2D eigenvalue weighted by molar-refractivity contribution is 5.75. The van der Waals surface area contributed by atoms with E-state index in [2.05, 4.69) is 11.2 Å². The van der Waals surface area contributed by atoms with E-state index < -0.39 is 0 Å². The maximum atomic E-state index is 11.1. The first-order valence-corrected chi connectivity index (χ1v) is 4.09. The molecule has 0 amide bonds. The average molecular weight is 169 g/mol. The van der Waals surface area contributed by atoms with Gasteiger partial charge in [-0.25, -0.2) is 0 Å². The van der Waals surface area contributed by atoms with Gasteiger partial charge in [0.1, 0.15) is 6.04 Å². The van der Waals surface area contributed by atoms with E-state index in [1.54, 1.807) is 6.92 Å². The fourth-order valence-electron chi connectivity index (χ4n) is 0.819. The molecule has 0 aromatic rings. The first-order valence-electron chi connectivity index (χ1n) is 4.09. The first-order chi connectivity index (χ1) is 5.76. The van der Waals surface area contributed by atoms with Gasteiger partial charge in [0.05, 0.1) is 13.2 Å². The van der Waals surface area contributed by atoms with Gasteiger partial charge in [0.15, 0.2) is 0 Å². The standard InChI is InChI=1S/C9H15NO2/c1-4-7-10-8(5-2)9(11)12-6-3/h1,8,10H,5-7H2,2-3H3. The molecule has 3 nitrogen and oxygen atoms in total. The predicted molar refractivity (Wildman–Crippen MR) is 47.5 cm³/mol. The zero-order valence-corrected chi connectivity index (χ0v) is 7.59. The molecule has 0 saturated heterocycles. The van der Waals surface area contributed by atoms with Crippen molar-refractivity contribution in [2.45, 2.75) is 26.3 Å². The number of carbonyl (C=O) groups excluding carboxylic acids is 1. The van der Waals surface area contributed by atoms with Gasteiger partial charge in [0.25, 0.3) is 0 Å². The molecule has 0 rings (SSSR count). The summed E-state index contributed by atoms with van der Waals surface area (Å²) in [6.45, 7) is 4.50. The van der Waals surface area contributed by atoms with Crippen molar-refractivity contribution in [2.75, 3.05) is 13.2 Å². The average Bonchev–Trinajstić information content (AvgIpc) is 2.06. The monoisotopic (exact) mass is 169 g/mol. The molecule has 0 aromatic heterocycles. The van der Waals surface area contributed by atoms with Crippen LogP contribution in [0, 0.1) is 12.3 Å². The molecule has 0 fully saturated rings. The predicted octanol–water partition coefficient (Wildman–Crippen LogP) is 0.551. The van der Waals surface area contributed by atoms with E-state index in [4.69, 9.17) is 11.2 Å². The van der Waals surface area contributed by atoms with Gasteiger partial charge in [0.2, 0.25) is 0 Å². The Bertz CT molecular complexity index is 172. The van der Waals surface area contributed by atoms with Crippen LogP contribution in [0.1, 0.15) is 20.3 Å². The normalized spacial score (nSPS) is 11.8. The van der Waals surface area contributed by atoms with Crippen LogP contribution in [0.5, 0.6) is 0 Å². The fraction of sp³-hybridized carbons (Fsp3) is 0.667. The molecule has 0 radical (unpaired) electrons. The van der Waals surface area contributed by atoms with Crippen LogP contribution in [0.2, 0.25) is 0 Å². The summed E-state index contributed by atoms with van der Waals surface area (Å²) in [5.74, 6) is 2.18. The summed E-state index contributed by atoms with van der Waals surface area (Å²) in [5.41, 5.74) is 0. The molecule has 0 spiro atoms. The van der Waals surface area contributed by atoms with Crippen molar-refractivity contribution in [1.82, 2.24) is 5.32 Å². The minimum Gasteiger partial charge on any atom is -0.465 e. The van der Waals surface area contributed by atoms with Crippen LogP contribution in [-0.4, -0.2) is 25.2 Å². The van der Waals surface area contributed by atoms with Gasteiger partial charge < -0.3 is 4.74 Å². The van der Waals surface area contributed by atoms with Crippen LogP contribution in [0.3, 0.4) is 0 Å². The molecule has 1 atom stereocenters. The molecule has 0 aliphatic rings. The van der Waals surface area contributed by atoms with E-state index in [1.165, 1.54) is 0 Å². The number of rotatable bonds is 5. The summed E-state index contributed by atoms with van der Waals surface area (Å²) in [7, 11) is 0. The second-order valence-corrected chi connectivity index (χ2v) is 2.30. The van der Waals surface area contributed by atoms with Gasteiger partial charge in [-0.1, -0.05) is 12.8 Å². The minimum absolute atomic E-state index is 0.227. The Labute approximate surface area is 73.5 Å². The molecular weight excluding hydrogens is 154 g/mol. The third-order valence-electron chi connectivity index (χ3n) is 1.43. The summed E-state index contributed by atoms with van der Waals surface area (Å²) in [6, 6.07) is -0.263. The van der Waals surface area contributed by atoms with Gasteiger partial charge in [-0.2, -0.15) is 0 Å². The molecule has 68 valence electrons.